The standard InChI is InChI=1S/C15H18ClN3O/c1-3-7-17-10-12-6-8-18-15(19-12)13-5-4-11(16)9-14(13)20-2/h4-6,8-9,17H,3,7,10H2,1-2H3. The van der Waals surface area contributed by atoms with Crippen LogP contribution in [0, 0.1) is 0 Å². The van der Waals surface area contributed by atoms with Crippen molar-refractivity contribution < 1.29 is 4.74 Å². The van der Waals surface area contributed by atoms with Crippen LogP contribution in [0.3, 0.4) is 0 Å². The Morgan fingerprint density at radius 2 is 2.15 bits per heavy atom. The molecule has 0 aliphatic carbocycles. The van der Waals surface area contributed by atoms with Gasteiger partial charge in [0, 0.05) is 17.8 Å². The number of hydrogen-bond donors (Lipinski definition) is 1. The number of aromatic nitrogens is 2. The molecule has 0 saturated carbocycles. The summed E-state index contributed by atoms with van der Waals surface area (Å²) in [5.41, 5.74) is 1.80. The predicted octanol–water partition coefficient (Wildman–Crippen LogP) is 3.31. The average molecular weight is 292 g/mol. The zero-order valence-corrected chi connectivity index (χ0v) is 12.4. The summed E-state index contributed by atoms with van der Waals surface area (Å²) in [5.74, 6) is 1.32. The maximum atomic E-state index is 5.97. The summed E-state index contributed by atoms with van der Waals surface area (Å²) in [6.45, 7) is 3.85. The molecule has 0 atom stereocenters. The number of benzene rings is 1. The number of methoxy groups -OCH3 is 1. The van der Waals surface area contributed by atoms with Crippen molar-refractivity contribution in [1.82, 2.24) is 15.3 Å². The third kappa shape index (κ3) is 3.68. The summed E-state index contributed by atoms with van der Waals surface area (Å²) in [6, 6.07) is 7.36. The first kappa shape index (κ1) is 14.8. The molecular formula is C15H18ClN3O. The number of halogens is 1. The number of rotatable bonds is 6. The third-order valence-electron chi connectivity index (χ3n) is 2.85. The minimum Gasteiger partial charge on any atom is -0.496 e. The van der Waals surface area contributed by atoms with Gasteiger partial charge in [0.05, 0.1) is 18.4 Å². The fraction of sp³-hybridized carbons (Fsp3) is 0.333. The fourth-order valence-corrected chi connectivity index (χ4v) is 2.03. The molecule has 5 heteroatoms. The largest absolute Gasteiger partial charge is 0.496 e. The molecule has 0 unspecified atom stereocenters. The first-order valence-electron chi connectivity index (χ1n) is 6.61. The number of ether oxygens (including phenoxy) is 1. The highest BCUT2D eigenvalue weighted by molar-refractivity contribution is 6.30. The topological polar surface area (TPSA) is 47.0 Å². The third-order valence-corrected chi connectivity index (χ3v) is 3.09. The Morgan fingerprint density at radius 1 is 1.30 bits per heavy atom. The van der Waals surface area contributed by atoms with Crippen molar-refractivity contribution in [3.05, 3.63) is 41.2 Å². The first-order valence-corrected chi connectivity index (χ1v) is 6.99. The van der Waals surface area contributed by atoms with Gasteiger partial charge in [-0.15, -0.1) is 0 Å². The Bertz CT molecular complexity index is 575. The van der Waals surface area contributed by atoms with Crippen molar-refractivity contribution in [3.8, 4) is 17.1 Å². The van der Waals surface area contributed by atoms with Crippen LogP contribution in [0.25, 0.3) is 11.4 Å². The van der Waals surface area contributed by atoms with Crippen LogP contribution in [0.2, 0.25) is 5.02 Å². The maximum absolute atomic E-state index is 5.97. The van der Waals surface area contributed by atoms with Crippen LogP contribution in [0.4, 0.5) is 0 Å². The van der Waals surface area contributed by atoms with Gasteiger partial charge >= 0.3 is 0 Å². The van der Waals surface area contributed by atoms with Gasteiger partial charge < -0.3 is 10.1 Å². The van der Waals surface area contributed by atoms with Gasteiger partial charge in [0.25, 0.3) is 0 Å². The van der Waals surface area contributed by atoms with Crippen LogP contribution in [0.1, 0.15) is 19.0 Å². The Morgan fingerprint density at radius 3 is 2.90 bits per heavy atom. The highest BCUT2D eigenvalue weighted by Crippen LogP contribution is 2.30. The summed E-state index contributed by atoms with van der Waals surface area (Å²) in [6.07, 6.45) is 2.86. The van der Waals surface area contributed by atoms with Crippen molar-refractivity contribution in [1.29, 1.82) is 0 Å². The highest BCUT2D eigenvalue weighted by Gasteiger charge is 2.09. The Hall–Kier alpha value is -1.65. The highest BCUT2D eigenvalue weighted by atomic mass is 35.5. The van der Waals surface area contributed by atoms with Crippen molar-refractivity contribution in [2.45, 2.75) is 19.9 Å². The van der Waals surface area contributed by atoms with E-state index in [4.69, 9.17) is 16.3 Å². The lowest BCUT2D eigenvalue weighted by atomic mass is 10.2. The van der Waals surface area contributed by atoms with Crippen molar-refractivity contribution in [3.63, 3.8) is 0 Å². The normalized spacial score (nSPS) is 10.6. The van der Waals surface area contributed by atoms with E-state index in [1.54, 1.807) is 19.4 Å². The van der Waals surface area contributed by atoms with Gasteiger partial charge in [0.2, 0.25) is 0 Å². The molecule has 0 radical (unpaired) electrons. The molecule has 0 amide bonds. The van der Waals surface area contributed by atoms with Gasteiger partial charge in [-0.05, 0) is 37.2 Å². The smallest absolute Gasteiger partial charge is 0.163 e. The molecule has 20 heavy (non-hydrogen) atoms. The summed E-state index contributed by atoms with van der Waals surface area (Å²) >= 11 is 5.97. The van der Waals surface area contributed by atoms with Gasteiger partial charge in [-0.2, -0.15) is 0 Å². The maximum Gasteiger partial charge on any atom is 0.163 e. The zero-order valence-electron chi connectivity index (χ0n) is 11.7. The molecule has 0 saturated heterocycles. The van der Waals surface area contributed by atoms with Crippen LogP contribution in [-0.4, -0.2) is 23.6 Å². The SMILES string of the molecule is CCCNCc1ccnc(-c2ccc(Cl)cc2OC)n1. The van der Waals surface area contributed by atoms with Crippen molar-refractivity contribution in [2.75, 3.05) is 13.7 Å². The van der Waals surface area contributed by atoms with Crippen molar-refractivity contribution in [2.24, 2.45) is 0 Å². The molecule has 1 heterocycles. The van der Waals surface area contributed by atoms with Crippen LogP contribution < -0.4 is 10.1 Å². The van der Waals surface area contributed by atoms with E-state index < -0.39 is 0 Å². The summed E-state index contributed by atoms with van der Waals surface area (Å²) < 4.78 is 5.34. The van der Waals surface area contributed by atoms with Gasteiger partial charge in [0.1, 0.15) is 5.75 Å². The molecular weight excluding hydrogens is 274 g/mol. The lowest BCUT2D eigenvalue weighted by molar-refractivity contribution is 0.416. The molecule has 106 valence electrons. The molecule has 2 rings (SSSR count). The number of nitrogens with zero attached hydrogens (tertiary/aromatic N) is 2. The average Bonchev–Trinajstić information content (AvgIpc) is 2.47. The Balaban J connectivity index is 2.26. The fourth-order valence-electron chi connectivity index (χ4n) is 1.87. The van der Waals surface area contributed by atoms with Crippen LogP contribution in [0.15, 0.2) is 30.5 Å². The van der Waals surface area contributed by atoms with E-state index in [1.807, 2.05) is 18.2 Å². The molecule has 1 N–H and O–H groups in total. The van der Waals surface area contributed by atoms with Gasteiger partial charge in [-0.25, -0.2) is 9.97 Å². The molecule has 0 bridgehead atoms. The summed E-state index contributed by atoms with van der Waals surface area (Å²) in [4.78, 5) is 8.87. The summed E-state index contributed by atoms with van der Waals surface area (Å²) in [5, 5.41) is 3.96. The number of hydrogen-bond acceptors (Lipinski definition) is 4. The van der Waals surface area contributed by atoms with Crippen LogP contribution in [-0.2, 0) is 6.54 Å². The second-order valence-corrected chi connectivity index (χ2v) is 4.83. The minimum absolute atomic E-state index is 0.631. The van der Waals surface area contributed by atoms with Crippen molar-refractivity contribution >= 4 is 11.6 Å². The molecule has 1 aromatic carbocycles. The number of nitrogens with one attached hydrogen (secondary N) is 1. The van der Waals surface area contributed by atoms with E-state index >= 15 is 0 Å². The Kier molecular flexibility index (Phi) is 5.32. The minimum atomic E-state index is 0.631. The molecule has 0 aliphatic heterocycles. The summed E-state index contributed by atoms with van der Waals surface area (Å²) in [7, 11) is 1.61. The van der Waals surface area contributed by atoms with Crippen LogP contribution in [0.5, 0.6) is 5.75 Å². The van der Waals surface area contributed by atoms with Gasteiger partial charge in [-0.3, -0.25) is 0 Å². The lowest BCUT2D eigenvalue weighted by Gasteiger charge is -2.09. The van der Waals surface area contributed by atoms with Gasteiger partial charge in [0.15, 0.2) is 5.82 Å². The van der Waals surface area contributed by atoms with Crippen LogP contribution >= 0.6 is 11.6 Å². The lowest BCUT2D eigenvalue weighted by Crippen LogP contribution is -2.15. The van der Waals surface area contributed by atoms with E-state index in [9.17, 15) is 0 Å². The molecule has 4 nitrogen and oxygen atoms in total. The predicted molar refractivity (Wildman–Crippen MR) is 81.0 cm³/mol. The Labute approximate surface area is 124 Å². The van der Waals surface area contributed by atoms with E-state index in [0.717, 1.165) is 30.8 Å². The second-order valence-electron chi connectivity index (χ2n) is 4.39. The monoisotopic (exact) mass is 291 g/mol. The molecule has 2 aromatic rings. The quantitative estimate of drug-likeness (QED) is 0.830. The van der Waals surface area contributed by atoms with E-state index in [1.165, 1.54) is 0 Å². The zero-order chi connectivity index (χ0) is 14.4. The molecule has 0 aliphatic rings. The van der Waals surface area contributed by atoms with E-state index in [-0.39, 0.29) is 0 Å². The van der Waals surface area contributed by atoms with Gasteiger partial charge in [-0.1, -0.05) is 18.5 Å². The second kappa shape index (κ2) is 7.22. The molecule has 0 fully saturated rings. The van der Waals surface area contributed by atoms with E-state index in [0.29, 0.717) is 16.6 Å². The molecule has 1 aromatic heterocycles. The first-order chi connectivity index (χ1) is 9.74. The van der Waals surface area contributed by atoms with E-state index in [2.05, 4.69) is 22.2 Å². The molecule has 0 spiro atoms.